The number of nitrogens with two attached hydrogens (primary N) is 1. The minimum absolute atomic E-state index is 0.00612. The molecule has 0 radical (unpaired) electrons. The summed E-state index contributed by atoms with van der Waals surface area (Å²) < 4.78 is 0. The van der Waals surface area contributed by atoms with E-state index in [2.05, 4.69) is 5.32 Å². The van der Waals surface area contributed by atoms with Gasteiger partial charge in [0.2, 0.25) is 11.8 Å². The van der Waals surface area contributed by atoms with E-state index in [0.717, 1.165) is 19.3 Å². The molecule has 0 aliphatic heterocycles. The first-order valence-corrected chi connectivity index (χ1v) is 6.25. The Morgan fingerprint density at radius 2 is 2.00 bits per heavy atom. The van der Waals surface area contributed by atoms with Crippen molar-refractivity contribution in [2.45, 2.75) is 25.3 Å². The van der Waals surface area contributed by atoms with Crippen LogP contribution in [0.1, 0.15) is 19.3 Å². The zero-order chi connectivity index (χ0) is 12.6. The highest BCUT2D eigenvalue weighted by molar-refractivity contribution is 5.86. The first-order chi connectivity index (χ1) is 8.04. The lowest BCUT2D eigenvalue weighted by Gasteiger charge is -2.30. The summed E-state index contributed by atoms with van der Waals surface area (Å²) >= 11 is 0. The molecule has 2 aliphatic carbocycles. The Balaban J connectivity index is 1.98. The van der Waals surface area contributed by atoms with Crippen LogP contribution in [0.5, 0.6) is 0 Å². The van der Waals surface area contributed by atoms with Crippen molar-refractivity contribution in [2.75, 3.05) is 20.6 Å². The lowest BCUT2D eigenvalue weighted by Crippen LogP contribution is -2.48. The zero-order valence-corrected chi connectivity index (χ0v) is 10.5. The van der Waals surface area contributed by atoms with Gasteiger partial charge in [-0.25, -0.2) is 0 Å². The van der Waals surface area contributed by atoms with Crippen LogP contribution in [0.4, 0.5) is 0 Å². The Labute approximate surface area is 102 Å². The highest BCUT2D eigenvalue weighted by atomic mass is 16.2. The molecule has 3 N–H and O–H groups in total. The van der Waals surface area contributed by atoms with Crippen LogP contribution in [0.3, 0.4) is 0 Å². The third-order valence-electron chi connectivity index (χ3n) is 4.30. The van der Waals surface area contributed by atoms with Crippen molar-refractivity contribution in [1.29, 1.82) is 0 Å². The van der Waals surface area contributed by atoms with Crippen LogP contribution in [0.2, 0.25) is 0 Å². The van der Waals surface area contributed by atoms with Crippen molar-refractivity contribution in [3.8, 4) is 0 Å². The standard InChI is InChI=1S/C12H21N3O2/c1-14-9(16)6-15(2)12(17)10-7-3-4-8(5-7)11(10)13/h7-8,10-11H,3-6,13H2,1-2H3,(H,14,16). The van der Waals surface area contributed by atoms with Gasteiger partial charge in [-0.2, -0.15) is 0 Å². The van der Waals surface area contributed by atoms with Gasteiger partial charge in [0.1, 0.15) is 0 Å². The Morgan fingerprint density at radius 3 is 2.53 bits per heavy atom. The summed E-state index contributed by atoms with van der Waals surface area (Å²) in [5, 5.41) is 2.52. The normalized spacial score (nSPS) is 34.8. The summed E-state index contributed by atoms with van der Waals surface area (Å²) in [6, 6.07) is -0.00612. The minimum Gasteiger partial charge on any atom is -0.358 e. The summed E-state index contributed by atoms with van der Waals surface area (Å²) in [5.41, 5.74) is 6.12. The number of rotatable bonds is 3. The molecule has 0 aromatic carbocycles. The van der Waals surface area contributed by atoms with Gasteiger partial charge in [-0.15, -0.1) is 0 Å². The van der Waals surface area contributed by atoms with E-state index in [9.17, 15) is 9.59 Å². The molecule has 0 saturated heterocycles. The topological polar surface area (TPSA) is 75.4 Å². The Kier molecular flexibility index (Phi) is 3.38. The number of hydrogen-bond acceptors (Lipinski definition) is 3. The number of nitrogens with zero attached hydrogens (tertiary/aromatic N) is 1. The van der Waals surface area contributed by atoms with E-state index in [4.69, 9.17) is 5.73 Å². The van der Waals surface area contributed by atoms with Crippen molar-refractivity contribution < 1.29 is 9.59 Å². The van der Waals surface area contributed by atoms with Crippen molar-refractivity contribution in [3.05, 3.63) is 0 Å². The largest absolute Gasteiger partial charge is 0.358 e. The fraction of sp³-hybridized carbons (Fsp3) is 0.833. The van der Waals surface area contributed by atoms with Gasteiger partial charge in [0.05, 0.1) is 12.5 Å². The molecule has 5 heteroatoms. The summed E-state index contributed by atoms with van der Waals surface area (Å²) in [4.78, 5) is 25.0. The van der Waals surface area contributed by atoms with E-state index in [-0.39, 0.29) is 30.3 Å². The molecule has 4 atom stereocenters. The van der Waals surface area contributed by atoms with Gasteiger partial charge in [-0.1, -0.05) is 0 Å². The number of hydrogen-bond donors (Lipinski definition) is 2. The molecular formula is C12H21N3O2. The maximum atomic E-state index is 12.3. The molecule has 2 bridgehead atoms. The number of fused-ring (bicyclic) bond motifs is 2. The highest BCUT2D eigenvalue weighted by Crippen LogP contribution is 2.48. The highest BCUT2D eigenvalue weighted by Gasteiger charge is 2.49. The average molecular weight is 239 g/mol. The number of likely N-dealkylation sites (N-methyl/N-ethyl adjacent to an activating group) is 2. The zero-order valence-electron chi connectivity index (χ0n) is 10.5. The SMILES string of the molecule is CNC(=O)CN(C)C(=O)C1C2CCC(C2)C1N. The predicted molar refractivity (Wildman–Crippen MR) is 64.0 cm³/mol. The molecule has 17 heavy (non-hydrogen) atoms. The first-order valence-electron chi connectivity index (χ1n) is 6.25. The van der Waals surface area contributed by atoms with Gasteiger partial charge in [-0.3, -0.25) is 9.59 Å². The van der Waals surface area contributed by atoms with Crippen molar-refractivity contribution in [3.63, 3.8) is 0 Å². The molecule has 96 valence electrons. The van der Waals surface area contributed by atoms with Gasteiger partial charge in [-0.05, 0) is 31.1 Å². The molecule has 2 fully saturated rings. The quantitative estimate of drug-likeness (QED) is 0.701. The van der Waals surface area contributed by atoms with Gasteiger partial charge < -0.3 is 16.0 Å². The summed E-state index contributed by atoms with van der Waals surface area (Å²) in [6.45, 7) is 0.121. The summed E-state index contributed by atoms with van der Waals surface area (Å²) in [5.74, 6) is 0.784. The maximum Gasteiger partial charge on any atom is 0.239 e. The molecule has 2 amide bonds. The molecule has 2 aliphatic rings. The number of carbonyl (C=O) groups is 2. The van der Waals surface area contributed by atoms with Gasteiger partial charge in [0.15, 0.2) is 0 Å². The Morgan fingerprint density at radius 1 is 1.35 bits per heavy atom. The third-order valence-corrected chi connectivity index (χ3v) is 4.30. The average Bonchev–Trinajstić information content (AvgIpc) is 2.88. The summed E-state index contributed by atoms with van der Waals surface area (Å²) in [6.07, 6.45) is 3.36. The second-order valence-corrected chi connectivity index (χ2v) is 5.30. The van der Waals surface area contributed by atoms with Crippen LogP contribution in [0.15, 0.2) is 0 Å². The molecule has 0 spiro atoms. The van der Waals surface area contributed by atoms with E-state index < -0.39 is 0 Å². The number of carbonyl (C=O) groups excluding carboxylic acids is 2. The fourth-order valence-corrected chi connectivity index (χ4v) is 3.33. The molecule has 0 aromatic heterocycles. The van der Waals surface area contributed by atoms with Crippen LogP contribution in [0, 0.1) is 17.8 Å². The maximum absolute atomic E-state index is 12.3. The van der Waals surface area contributed by atoms with Gasteiger partial charge in [0.25, 0.3) is 0 Å². The molecule has 0 aromatic rings. The van der Waals surface area contributed by atoms with Crippen LogP contribution < -0.4 is 11.1 Å². The second kappa shape index (κ2) is 4.64. The third kappa shape index (κ3) is 2.16. The van der Waals surface area contributed by atoms with E-state index >= 15 is 0 Å². The Hall–Kier alpha value is -1.10. The lowest BCUT2D eigenvalue weighted by atomic mass is 9.84. The molecule has 2 saturated carbocycles. The van der Waals surface area contributed by atoms with E-state index in [1.807, 2.05) is 0 Å². The van der Waals surface area contributed by atoms with E-state index in [1.165, 1.54) is 4.90 Å². The van der Waals surface area contributed by atoms with E-state index in [0.29, 0.717) is 11.8 Å². The first kappa shape index (κ1) is 12.4. The monoisotopic (exact) mass is 239 g/mol. The smallest absolute Gasteiger partial charge is 0.239 e. The van der Waals surface area contributed by atoms with Crippen LogP contribution in [-0.2, 0) is 9.59 Å². The lowest BCUT2D eigenvalue weighted by molar-refractivity contribution is -0.139. The number of nitrogens with one attached hydrogen (secondary N) is 1. The van der Waals surface area contributed by atoms with Crippen LogP contribution in [0.25, 0.3) is 0 Å². The molecule has 2 rings (SSSR count). The van der Waals surface area contributed by atoms with Crippen molar-refractivity contribution in [2.24, 2.45) is 23.5 Å². The second-order valence-electron chi connectivity index (χ2n) is 5.30. The van der Waals surface area contributed by atoms with Crippen LogP contribution >= 0.6 is 0 Å². The predicted octanol–water partition coefficient (Wildman–Crippen LogP) is -0.436. The molecular weight excluding hydrogens is 218 g/mol. The fourth-order valence-electron chi connectivity index (χ4n) is 3.33. The summed E-state index contributed by atoms with van der Waals surface area (Å²) in [7, 11) is 3.25. The molecule has 5 nitrogen and oxygen atoms in total. The molecule has 0 heterocycles. The van der Waals surface area contributed by atoms with Crippen molar-refractivity contribution >= 4 is 11.8 Å². The van der Waals surface area contributed by atoms with E-state index in [1.54, 1.807) is 14.1 Å². The number of amides is 2. The minimum atomic E-state index is -0.141. The van der Waals surface area contributed by atoms with Crippen molar-refractivity contribution in [1.82, 2.24) is 10.2 Å². The van der Waals surface area contributed by atoms with Crippen LogP contribution in [-0.4, -0.2) is 43.4 Å². The molecule has 4 unspecified atom stereocenters. The Bertz CT molecular complexity index is 330. The van der Waals surface area contributed by atoms with Gasteiger partial charge >= 0.3 is 0 Å². The van der Waals surface area contributed by atoms with Gasteiger partial charge in [0, 0.05) is 20.1 Å².